The summed E-state index contributed by atoms with van der Waals surface area (Å²) in [5.41, 5.74) is 1.30. The van der Waals surface area contributed by atoms with E-state index >= 15 is 0 Å². The van der Waals surface area contributed by atoms with Gasteiger partial charge in [-0.2, -0.15) is 0 Å². The zero-order valence-corrected chi connectivity index (χ0v) is 10.2. The minimum Gasteiger partial charge on any atom is -0.286 e. The van der Waals surface area contributed by atoms with E-state index in [2.05, 4.69) is 10.3 Å². The fourth-order valence-electron chi connectivity index (χ4n) is 1.68. The Morgan fingerprint density at radius 2 is 1.94 bits per heavy atom. The molecule has 4 nitrogen and oxygen atoms in total. The van der Waals surface area contributed by atoms with Gasteiger partial charge in [0.1, 0.15) is 5.69 Å². The molecule has 0 aliphatic heterocycles. The molecule has 0 radical (unpaired) electrons. The second kappa shape index (κ2) is 4.54. The van der Waals surface area contributed by atoms with Crippen molar-refractivity contribution in [3.8, 4) is 5.69 Å². The zero-order chi connectivity index (χ0) is 12.4. The number of benzene rings is 1. The Hall–Kier alpha value is -2.27. The first-order chi connectivity index (χ1) is 8.86. The predicted molar refractivity (Wildman–Crippen MR) is 69.1 cm³/mol. The van der Waals surface area contributed by atoms with E-state index in [1.807, 2.05) is 41.8 Å². The molecule has 5 heteroatoms. The molecule has 0 aliphatic carbocycles. The maximum Gasteiger partial charge on any atom is 0.223 e. The van der Waals surface area contributed by atoms with Crippen molar-refractivity contribution in [3.63, 3.8) is 0 Å². The second-order valence-corrected chi connectivity index (χ2v) is 4.62. The molecule has 2 heterocycles. The average molecular weight is 255 g/mol. The molecule has 0 atom stereocenters. The maximum atomic E-state index is 12.3. The fraction of sp³-hybridized carbons (Fsp3) is 0. The van der Waals surface area contributed by atoms with Gasteiger partial charge >= 0.3 is 0 Å². The Kier molecular flexibility index (Phi) is 2.74. The van der Waals surface area contributed by atoms with Crippen LogP contribution in [0, 0.1) is 0 Å². The van der Waals surface area contributed by atoms with E-state index in [9.17, 15) is 4.79 Å². The number of carbonyl (C=O) groups is 1. The molecule has 0 bridgehead atoms. The van der Waals surface area contributed by atoms with Crippen LogP contribution in [0.2, 0.25) is 0 Å². The Morgan fingerprint density at radius 3 is 2.67 bits per heavy atom. The lowest BCUT2D eigenvalue weighted by atomic mass is 10.2. The minimum absolute atomic E-state index is 0.0566. The normalized spacial score (nSPS) is 10.4. The molecule has 18 heavy (non-hydrogen) atoms. The van der Waals surface area contributed by atoms with Crippen molar-refractivity contribution in [2.75, 3.05) is 0 Å². The number of ketones is 1. The Morgan fingerprint density at radius 1 is 1.11 bits per heavy atom. The van der Waals surface area contributed by atoms with Gasteiger partial charge in [-0.3, -0.25) is 4.79 Å². The number of nitrogens with zero attached hydrogens (tertiary/aromatic N) is 3. The monoisotopic (exact) mass is 255 g/mol. The van der Waals surface area contributed by atoms with Crippen molar-refractivity contribution in [2.24, 2.45) is 0 Å². The smallest absolute Gasteiger partial charge is 0.223 e. The molecule has 0 spiro atoms. The van der Waals surface area contributed by atoms with Crippen LogP contribution in [0.3, 0.4) is 0 Å². The van der Waals surface area contributed by atoms with Gasteiger partial charge in [-0.25, -0.2) is 4.68 Å². The van der Waals surface area contributed by atoms with Crippen LogP contribution in [0.25, 0.3) is 5.69 Å². The van der Waals surface area contributed by atoms with E-state index in [4.69, 9.17) is 0 Å². The number of aromatic nitrogens is 3. The first kappa shape index (κ1) is 10.9. The molecule has 2 aromatic heterocycles. The first-order valence-corrected chi connectivity index (χ1v) is 6.28. The summed E-state index contributed by atoms with van der Waals surface area (Å²) in [6.07, 6.45) is 1.50. The van der Waals surface area contributed by atoms with Gasteiger partial charge in [-0.05, 0) is 23.6 Å². The molecular weight excluding hydrogens is 246 g/mol. The van der Waals surface area contributed by atoms with Gasteiger partial charge in [0.25, 0.3) is 0 Å². The predicted octanol–water partition coefficient (Wildman–Crippen LogP) is 2.56. The molecule has 88 valence electrons. The molecule has 0 fully saturated rings. The highest BCUT2D eigenvalue weighted by atomic mass is 32.1. The molecule has 1 aromatic carbocycles. The van der Waals surface area contributed by atoms with E-state index in [0.717, 1.165) is 5.69 Å². The highest BCUT2D eigenvalue weighted by Gasteiger charge is 2.16. The van der Waals surface area contributed by atoms with Crippen LogP contribution in [0.15, 0.2) is 54.0 Å². The number of para-hydroxylation sites is 1. The highest BCUT2D eigenvalue weighted by Crippen LogP contribution is 2.16. The van der Waals surface area contributed by atoms with Gasteiger partial charge in [-0.15, -0.1) is 16.4 Å². The molecule has 0 aliphatic rings. The number of carbonyl (C=O) groups excluding carboxylic acids is 1. The Bertz CT molecular complexity index is 659. The maximum absolute atomic E-state index is 12.3. The molecule has 0 saturated heterocycles. The van der Waals surface area contributed by atoms with E-state index in [-0.39, 0.29) is 5.78 Å². The summed E-state index contributed by atoms with van der Waals surface area (Å²) in [5.74, 6) is -0.0566. The lowest BCUT2D eigenvalue weighted by molar-refractivity contribution is 0.103. The summed E-state index contributed by atoms with van der Waals surface area (Å²) in [6.45, 7) is 0. The summed E-state index contributed by atoms with van der Waals surface area (Å²) in [4.78, 5) is 13.0. The summed E-state index contributed by atoms with van der Waals surface area (Å²) in [7, 11) is 0. The summed E-state index contributed by atoms with van der Waals surface area (Å²) < 4.78 is 1.56. The molecule has 0 unspecified atom stereocenters. The van der Waals surface area contributed by atoms with Crippen molar-refractivity contribution in [1.29, 1.82) is 0 Å². The molecule has 0 amide bonds. The van der Waals surface area contributed by atoms with E-state index < -0.39 is 0 Å². The number of hydrogen-bond donors (Lipinski definition) is 0. The third kappa shape index (κ3) is 1.84. The van der Waals surface area contributed by atoms with Gasteiger partial charge in [-0.1, -0.05) is 29.5 Å². The quantitative estimate of drug-likeness (QED) is 0.676. The fourth-order valence-corrected chi connectivity index (χ4v) is 2.36. The number of rotatable bonds is 3. The van der Waals surface area contributed by atoms with Gasteiger partial charge in [0, 0.05) is 0 Å². The lowest BCUT2D eigenvalue weighted by Crippen LogP contribution is -2.08. The van der Waals surface area contributed by atoms with Crippen LogP contribution in [-0.2, 0) is 0 Å². The molecule has 0 N–H and O–H groups in total. The van der Waals surface area contributed by atoms with Crippen molar-refractivity contribution in [1.82, 2.24) is 15.0 Å². The first-order valence-electron chi connectivity index (χ1n) is 5.40. The Labute approximate surface area is 108 Å². The van der Waals surface area contributed by atoms with Crippen LogP contribution in [-0.4, -0.2) is 20.8 Å². The van der Waals surface area contributed by atoms with E-state index in [0.29, 0.717) is 10.6 Å². The summed E-state index contributed by atoms with van der Waals surface area (Å²) in [6, 6.07) is 13.2. The summed E-state index contributed by atoms with van der Waals surface area (Å²) >= 11 is 1.41. The third-order valence-corrected chi connectivity index (χ3v) is 3.40. The van der Waals surface area contributed by atoms with Crippen LogP contribution in [0.4, 0.5) is 0 Å². The SMILES string of the molecule is O=C(c1cccs1)c1cnnn1-c1ccccc1. The van der Waals surface area contributed by atoms with Crippen LogP contribution in [0.5, 0.6) is 0 Å². The largest absolute Gasteiger partial charge is 0.286 e. The minimum atomic E-state index is -0.0566. The molecular formula is C13H9N3OS. The van der Waals surface area contributed by atoms with Crippen molar-refractivity contribution in [3.05, 3.63) is 64.6 Å². The molecule has 3 rings (SSSR count). The van der Waals surface area contributed by atoms with E-state index in [1.165, 1.54) is 17.5 Å². The molecule has 3 aromatic rings. The van der Waals surface area contributed by atoms with Crippen LogP contribution < -0.4 is 0 Å². The average Bonchev–Trinajstić information content (AvgIpc) is 3.10. The number of hydrogen-bond acceptors (Lipinski definition) is 4. The highest BCUT2D eigenvalue weighted by molar-refractivity contribution is 7.12. The zero-order valence-electron chi connectivity index (χ0n) is 9.35. The van der Waals surface area contributed by atoms with Gasteiger partial charge in [0.15, 0.2) is 0 Å². The van der Waals surface area contributed by atoms with Gasteiger partial charge < -0.3 is 0 Å². The van der Waals surface area contributed by atoms with Crippen LogP contribution in [0.1, 0.15) is 15.4 Å². The lowest BCUT2D eigenvalue weighted by Gasteiger charge is -2.03. The third-order valence-electron chi connectivity index (χ3n) is 2.53. The van der Waals surface area contributed by atoms with Gasteiger partial charge in [0.2, 0.25) is 5.78 Å². The number of thiophene rings is 1. The van der Waals surface area contributed by atoms with Crippen molar-refractivity contribution >= 4 is 17.1 Å². The standard InChI is InChI=1S/C13H9N3OS/c17-13(12-7-4-8-18-12)11-9-14-15-16(11)10-5-2-1-3-6-10/h1-9H. The van der Waals surface area contributed by atoms with Crippen molar-refractivity contribution in [2.45, 2.75) is 0 Å². The molecule has 0 saturated carbocycles. The topological polar surface area (TPSA) is 47.8 Å². The second-order valence-electron chi connectivity index (χ2n) is 3.67. The van der Waals surface area contributed by atoms with Gasteiger partial charge in [0.05, 0.1) is 16.8 Å². The van der Waals surface area contributed by atoms with Crippen LogP contribution >= 0.6 is 11.3 Å². The van der Waals surface area contributed by atoms with Crippen molar-refractivity contribution < 1.29 is 4.79 Å². The Balaban J connectivity index is 2.05. The van der Waals surface area contributed by atoms with E-state index in [1.54, 1.807) is 10.7 Å². The summed E-state index contributed by atoms with van der Waals surface area (Å²) in [5, 5.41) is 9.67.